The number of ether oxygens (including phenoxy) is 1. The average molecular weight is 521 g/mol. The third-order valence-electron chi connectivity index (χ3n) is 6.27. The minimum atomic E-state index is -0.686. The number of hydrogen-bond acceptors (Lipinski definition) is 7. The van der Waals surface area contributed by atoms with E-state index in [4.69, 9.17) is 10.5 Å². The summed E-state index contributed by atoms with van der Waals surface area (Å²) in [6.07, 6.45) is 1.48. The van der Waals surface area contributed by atoms with Crippen molar-refractivity contribution in [1.82, 2.24) is 24.6 Å². The smallest absolute Gasteiger partial charge is 0.410 e. The lowest BCUT2D eigenvalue weighted by Gasteiger charge is -2.24. The van der Waals surface area contributed by atoms with Gasteiger partial charge in [0.2, 0.25) is 0 Å². The van der Waals surface area contributed by atoms with Crippen LogP contribution in [0, 0.1) is 11.6 Å². The number of aromatic nitrogens is 4. The normalized spacial score (nSPS) is 15.7. The molecule has 1 fully saturated rings. The maximum absolute atomic E-state index is 15.4. The molecule has 0 bridgehead atoms. The summed E-state index contributed by atoms with van der Waals surface area (Å²) in [6, 6.07) is 8.85. The van der Waals surface area contributed by atoms with Crippen LogP contribution in [0.2, 0.25) is 0 Å². The Bertz CT molecular complexity index is 1550. The number of carbonyl (C=O) groups excluding carboxylic acids is 2. The Labute approximate surface area is 217 Å². The highest BCUT2D eigenvalue weighted by Gasteiger charge is 2.33. The maximum atomic E-state index is 15.4. The molecular formula is C27H26F2N6O3. The second kappa shape index (κ2) is 9.47. The van der Waals surface area contributed by atoms with E-state index in [0.29, 0.717) is 30.5 Å². The molecule has 196 valence electrons. The molecule has 11 heteroatoms. The number of halogens is 2. The summed E-state index contributed by atoms with van der Waals surface area (Å²) in [7, 11) is 0. The van der Waals surface area contributed by atoms with Crippen molar-refractivity contribution in [2.24, 2.45) is 0 Å². The first-order chi connectivity index (χ1) is 18.0. The van der Waals surface area contributed by atoms with Gasteiger partial charge in [0.1, 0.15) is 35.1 Å². The number of amides is 1. The Kier molecular flexibility index (Phi) is 6.29. The van der Waals surface area contributed by atoms with Gasteiger partial charge >= 0.3 is 6.09 Å². The summed E-state index contributed by atoms with van der Waals surface area (Å²) in [5.74, 6) is -1.47. The fraction of sp³-hybridized carbons (Fsp3) is 0.296. The van der Waals surface area contributed by atoms with Crippen LogP contribution < -0.4 is 5.73 Å². The first-order valence-corrected chi connectivity index (χ1v) is 12.1. The van der Waals surface area contributed by atoms with Crippen LogP contribution in [0.4, 0.5) is 19.4 Å². The molecule has 1 aliphatic heterocycles. The summed E-state index contributed by atoms with van der Waals surface area (Å²) < 4.78 is 35.8. The summed E-state index contributed by atoms with van der Waals surface area (Å²) in [5.41, 5.74) is 6.65. The van der Waals surface area contributed by atoms with Crippen molar-refractivity contribution in [2.75, 3.05) is 18.8 Å². The molecule has 1 saturated heterocycles. The van der Waals surface area contributed by atoms with E-state index in [1.54, 1.807) is 30.4 Å². The number of anilines is 1. The predicted molar refractivity (Wildman–Crippen MR) is 136 cm³/mol. The summed E-state index contributed by atoms with van der Waals surface area (Å²) >= 11 is 0. The fourth-order valence-electron chi connectivity index (χ4n) is 4.49. The van der Waals surface area contributed by atoms with Gasteiger partial charge in [-0.05, 0) is 63.6 Å². The van der Waals surface area contributed by atoms with E-state index in [0.717, 1.165) is 6.07 Å². The molecule has 0 radical (unpaired) electrons. The Hall–Kier alpha value is -4.41. The molecule has 1 amide bonds. The number of nitrogens with zero attached hydrogens (tertiary/aromatic N) is 5. The van der Waals surface area contributed by atoms with Crippen LogP contribution in [0.5, 0.6) is 0 Å². The zero-order valence-electron chi connectivity index (χ0n) is 21.1. The first kappa shape index (κ1) is 25.2. The molecule has 2 aromatic heterocycles. The van der Waals surface area contributed by atoms with Gasteiger partial charge < -0.3 is 15.4 Å². The van der Waals surface area contributed by atoms with Gasteiger partial charge in [0, 0.05) is 29.8 Å². The summed E-state index contributed by atoms with van der Waals surface area (Å²) in [4.78, 5) is 35.4. The lowest BCUT2D eigenvalue weighted by molar-refractivity contribution is 0.0288. The van der Waals surface area contributed by atoms with Gasteiger partial charge in [-0.25, -0.2) is 28.2 Å². The van der Waals surface area contributed by atoms with Crippen molar-refractivity contribution >= 4 is 28.7 Å². The Balaban J connectivity index is 1.49. The third-order valence-corrected chi connectivity index (χ3v) is 6.27. The molecule has 0 aliphatic carbocycles. The Morgan fingerprint density at radius 1 is 1.05 bits per heavy atom. The van der Waals surface area contributed by atoms with Gasteiger partial charge in [0.15, 0.2) is 11.4 Å². The predicted octanol–water partition coefficient (Wildman–Crippen LogP) is 4.77. The van der Waals surface area contributed by atoms with Crippen molar-refractivity contribution in [1.29, 1.82) is 0 Å². The fourth-order valence-corrected chi connectivity index (χ4v) is 4.49. The number of likely N-dealkylation sites (tertiary alicyclic amines) is 1. The number of ketones is 1. The summed E-state index contributed by atoms with van der Waals surface area (Å²) in [5, 5.41) is 5.04. The van der Waals surface area contributed by atoms with Crippen molar-refractivity contribution in [2.45, 2.75) is 38.8 Å². The maximum Gasteiger partial charge on any atom is 0.410 e. The number of benzene rings is 2. The number of rotatable bonds is 4. The number of nitrogens with two attached hydrogens (primary N) is 1. The van der Waals surface area contributed by atoms with Gasteiger partial charge in [-0.15, -0.1) is 0 Å². The lowest BCUT2D eigenvalue weighted by atomic mass is 10.00. The molecule has 2 N–H and O–H groups in total. The van der Waals surface area contributed by atoms with Crippen molar-refractivity contribution in [3.05, 3.63) is 71.6 Å². The minimum Gasteiger partial charge on any atom is -0.444 e. The Morgan fingerprint density at radius 3 is 2.45 bits per heavy atom. The van der Waals surface area contributed by atoms with Crippen molar-refractivity contribution in [3.8, 4) is 11.3 Å². The molecule has 0 unspecified atom stereocenters. The van der Waals surface area contributed by atoms with Crippen molar-refractivity contribution in [3.63, 3.8) is 0 Å². The van der Waals surface area contributed by atoms with Crippen LogP contribution >= 0.6 is 0 Å². The van der Waals surface area contributed by atoms with Crippen LogP contribution in [0.3, 0.4) is 0 Å². The van der Waals surface area contributed by atoms with E-state index in [1.807, 2.05) is 0 Å². The zero-order chi connectivity index (χ0) is 27.2. The molecular weight excluding hydrogens is 494 g/mol. The van der Waals surface area contributed by atoms with E-state index < -0.39 is 29.1 Å². The molecule has 2 aromatic carbocycles. The number of nitrogen functional groups attached to an aromatic ring is 1. The lowest BCUT2D eigenvalue weighted by Crippen LogP contribution is -2.35. The van der Waals surface area contributed by atoms with E-state index in [1.165, 1.54) is 42.7 Å². The highest BCUT2D eigenvalue weighted by atomic mass is 19.1. The highest BCUT2D eigenvalue weighted by Crippen LogP contribution is 2.35. The van der Waals surface area contributed by atoms with Crippen LogP contribution in [-0.4, -0.2) is 55.2 Å². The molecule has 0 saturated carbocycles. The zero-order valence-corrected chi connectivity index (χ0v) is 21.1. The molecule has 5 rings (SSSR count). The molecule has 38 heavy (non-hydrogen) atoms. The largest absolute Gasteiger partial charge is 0.444 e. The molecule has 3 heterocycles. The van der Waals surface area contributed by atoms with E-state index in [9.17, 15) is 14.0 Å². The van der Waals surface area contributed by atoms with E-state index in [-0.39, 0.29) is 34.2 Å². The second-order valence-electron chi connectivity index (χ2n) is 10.2. The molecule has 0 spiro atoms. The monoisotopic (exact) mass is 520 g/mol. The summed E-state index contributed by atoms with van der Waals surface area (Å²) in [6.45, 7) is 6.21. The SMILES string of the molecule is CC(C)(C)OC(=O)N1CC[C@@H](n2nc(-c3ccc(C(=O)c4ccc(F)cc4)cc3F)c3c(N)ncnc32)C1. The molecule has 9 nitrogen and oxygen atoms in total. The van der Waals surface area contributed by atoms with Crippen LogP contribution in [0.15, 0.2) is 48.8 Å². The van der Waals surface area contributed by atoms with Crippen LogP contribution in [0.25, 0.3) is 22.3 Å². The van der Waals surface area contributed by atoms with Gasteiger partial charge in [-0.3, -0.25) is 4.79 Å². The van der Waals surface area contributed by atoms with Crippen LogP contribution in [-0.2, 0) is 4.74 Å². The van der Waals surface area contributed by atoms with Crippen LogP contribution in [0.1, 0.15) is 49.2 Å². The molecule has 1 aliphatic rings. The standard InChI is InChI=1S/C27H26F2N6O3/c1-27(2,3)38-26(37)34-11-10-18(13-34)35-25-21(24(30)31-14-32-25)22(33-35)19-9-6-16(12-20(19)29)23(36)15-4-7-17(28)8-5-15/h4-9,12,14,18H,10-11,13H2,1-3H3,(H2,30,31,32)/t18-/m1/s1. The average Bonchev–Trinajstić information content (AvgIpc) is 3.49. The van der Waals surface area contributed by atoms with E-state index in [2.05, 4.69) is 15.1 Å². The highest BCUT2D eigenvalue weighted by molar-refractivity contribution is 6.09. The van der Waals surface area contributed by atoms with E-state index >= 15 is 4.39 Å². The molecule has 1 atom stereocenters. The van der Waals surface area contributed by atoms with Gasteiger partial charge in [-0.2, -0.15) is 5.10 Å². The molecule has 4 aromatic rings. The van der Waals surface area contributed by atoms with Crippen molar-refractivity contribution < 1.29 is 23.1 Å². The number of hydrogen-bond donors (Lipinski definition) is 1. The minimum absolute atomic E-state index is 0.106. The quantitative estimate of drug-likeness (QED) is 0.386. The van der Waals surface area contributed by atoms with Gasteiger partial charge in [0.05, 0.1) is 11.4 Å². The Morgan fingerprint density at radius 2 is 1.76 bits per heavy atom. The third kappa shape index (κ3) is 4.79. The first-order valence-electron chi connectivity index (χ1n) is 12.1. The number of carbonyl (C=O) groups is 2. The van der Waals surface area contributed by atoms with Gasteiger partial charge in [0.25, 0.3) is 0 Å². The van der Waals surface area contributed by atoms with Gasteiger partial charge in [-0.1, -0.05) is 6.07 Å². The number of fused-ring (bicyclic) bond motifs is 1. The second-order valence-corrected chi connectivity index (χ2v) is 10.2. The topological polar surface area (TPSA) is 116 Å².